The average Bonchev–Trinajstić information content (AvgIpc) is 3.09. The summed E-state index contributed by atoms with van der Waals surface area (Å²) >= 11 is 0. The van der Waals surface area contributed by atoms with Gasteiger partial charge in [0.1, 0.15) is 17.3 Å². The fourth-order valence-corrected chi connectivity index (χ4v) is 2.91. The Morgan fingerprint density at radius 1 is 1.21 bits per heavy atom. The molecule has 1 unspecified atom stereocenters. The molecule has 0 aliphatic heterocycles. The van der Waals surface area contributed by atoms with Gasteiger partial charge in [0, 0.05) is 11.6 Å². The zero-order valence-corrected chi connectivity index (χ0v) is 15.4. The maximum absolute atomic E-state index is 13.7. The number of aromatic amines is 1. The second-order valence-corrected chi connectivity index (χ2v) is 6.19. The normalized spacial score (nSPS) is 11.7. The molecule has 0 saturated heterocycles. The van der Waals surface area contributed by atoms with Gasteiger partial charge < -0.3 is 15.2 Å². The van der Waals surface area contributed by atoms with E-state index in [1.165, 1.54) is 23.9 Å². The highest BCUT2D eigenvalue weighted by atomic mass is 19.1. The van der Waals surface area contributed by atoms with Gasteiger partial charge in [0.05, 0.1) is 25.3 Å². The maximum atomic E-state index is 13.7. The maximum Gasteiger partial charge on any atom is 0.305 e. The predicted octanol–water partition coefficient (Wildman–Crippen LogP) is 2.26. The van der Waals surface area contributed by atoms with Crippen molar-refractivity contribution in [2.24, 2.45) is 0 Å². The van der Waals surface area contributed by atoms with Crippen molar-refractivity contribution in [2.75, 3.05) is 7.11 Å². The second-order valence-electron chi connectivity index (χ2n) is 6.19. The molecule has 0 aliphatic carbocycles. The van der Waals surface area contributed by atoms with Gasteiger partial charge in [0.25, 0.3) is 11.5 Å². The van der Waals surface area contributed by atoms with Gasteiger partial charge in [-0.05, 0) is 30.3 Å². The third-order valence-electron chi connectivity index (χ3n) is 4.23. The van der Waals surface area contributed by atoms with Crippen LogP contribution in [0.2, 0.25) is 0 Å². The van der Waals surface area contributed by atoms with Gasteiger partial charge in [0.2, 0.25) is 0 Å². The Hall–Kier alpha value is -3.88. The first kappa shape index (κ1) is 19.9. The van der Waals surface area contributed by atoms with Crippen LogP contribution in [0.3, 0.4) is 0 Å². The number of ether oxygens (including phenoxy) is 1. The molecule has 1 heterocycles. The zero-order chi connectivity index (χ0) is 21.0. The highest BCUT2D eigenvalue weighted by Gasteiger charge is 2.24. The van der Waals surface area contributed by atoms with Gasteiger partial charge in [-0.15, -0.1) is 0 Å². The van der Waals surface area contributed by atoms with Crippen LogP contribution in [0.1, 0.15) is 28.5 Å². The van der Waals surface area contributed by atoms with E-state index >= 15 is 0 Å². The molecule has 3 rings (SSSR count). The Balaban J connectivity index is 1.91. The number of nitrogens with zero attached hydrogens (tertiary/aromatic N) is 1. The Labute approximate surface area is 164 Å². The number of hydrogen-bond donors (Lipinski definition) is 3. The van der Waals surface area contributed by atoms with Crippen molar-refractivity contribution in [2.45, 2.75) is 12.5 Å². The van der Waals surface area contributed by atoms with E-state index in [0.29, 0.717) is 5.69 Å². The number of carbonyl (C=O) groups excluding carboxylic acids is 1. The summed E-state index contributed by atoms with van der Waals surface area (Å²) in [4.78, 5) is 36.2. The molecule has 3 aromatic rings. The van der Waals surface area contributed by atoms with E-state index in [1.54, 1.807) is 30.3 Å². The number of nitrogens with one attached hydrogen (secondary N) is 2. The molecule has 1 amide bonds. The Bertz CT molecular complexity index is 1090. The summed E-state index contributed by atoms with van der Waals surface area (Å²) in [5.41, 5.74) is 0.183. The molecule has 0 spiro atoms. The van der Waals surface area contributed by atoms with E-state index in [9.17, 15) is 23.9 Å². The van der Waals surface area contributed by atoms with E-state index in [1.807, 2.05) is 0 Å². The predicted molar refractivity (Wildman–Crippen MR) is 102 cm³/mol. The van der Waals surface area contributed by atoms with Crippen molar-refractivity contribution < 1.29 is 23.8 Å². The number of para-hydroxylation sites is 1. The first-order valence-electron chi connectivity index (χ1n) is 8.62. The standard InChI is InChI=1S/C20H18FN3O5/c1-29-17-8-7-12(21)9-14(17)15(11-19(26)27)22-20(28)16-10-18(25)24(23-16)13-5-3-2-4-6-13/h2-10,15,23H,11H2,1H3,(H,22,28)(H,26,27). The monoisotopic (exact) mass is 399 g/mol. The summed E-state index contributed by atoms with van der Waals surface area (Å²) in [6, 6.07) is 12.3. The third-order valence-corrected chi connectivity index (χ3v) is 4.23. The first-order chi connectivity index (χ1) is 13.9. The number of H-pyrrole nitrogens is 1. The summed E-state index contributed by atoms with van der Waals surface area (Å²) in [5, 5.41) is 14.4. The molecule has 2 aromatic carbocycles. The quantitative estimate of drug-likeness (QED) is 0.564. The molecule has 29 heavy (non-hydrogen) atoms. The molecular weight excluding hydrogens is 381 g/mol. The van der Waals surface area contributed by atoms with Crippen LogP contribution < -0.4 is 15.6 Å². The summed E-state index contributed by atoms with van der Waals surface area (Å²) in [5.74, 6) is -2.28. The second kappa shape index (κ2) is 8.42. The fraction of sp³-hybridized carbons (Fsp3) is 0.150. The molecule has 9 heteroatoms. The SMILES string of the molecule is COc1ccc(F)cc1C(CC(=O)O)NC(=O)c1cc(=O)n(-c2ccccc2)[nH]1. The summed E-state index contributed by atoms with van der Waals surface area (Å²) in [7, 11) is 1.36. The van der Waals surface area contributed by atoms with Crippen LogP contribution in [0, 0.1) is 5.82 Å². The number of aromatic nitrogens is 2. The van der Waals surface area contributed by atoms with Crippen molar-refractivity contribution in [3.05, 3.63) is 82.0 Å². The molecule has 3 N–H and O–H groups in total. The Kier molecular flexibility index (Phi) is 5.77. The minimum Gasteiger partial charge on any atom is -0.496 e. The van der Waals surface area contributed by atoms with Crippen molar-refractivity contribution in [1.29, 1.82) is 0 Å². The smallest absolute Gasteiger partial charge is 0.305 e. The lowest BCUT2D eigenvalue weighted by Gasteiger charge is -2.19. The molecule has 0 radical (unpaired) electrons. The van der Waals surface area contributed by atoms with Crippen molar-refractivity contribution >= 4 is 11.9 Å². The van der Waals surface area contributed by atoms with E-state index in [-0.39, 0.29) is 17.0 Å². The van der Waals surface area contributed by atoms with Gasteiger partial charge in [-0.3, -0.25) is 19.5 Å². The molecule has 0 saturated carbocycles. The number of aliphatic carboxylic acids is 1. The lowest BCUT2D eigenvalue weighted by molar-refractivity contribution is -0.137. The number of carboxylic acids is 1. The first-order valence-corrected chi connectivity index (χ1v) is 8.62. The van der Waals surface area contributed by atoms with E-state index in [2.05, 4.69) is 10.4 Å². The number of halogens is 1. The Morgan fingerprint density at radius 3 is 2.59 bits per heavy atom. The van der Waals surface area contributed by atoms with Crippen LogP contribution in [-0.2, 0) is 4.79 Å². The fourth-order valence-electron chi connectivity index (χ4n) is 2.91. The number of methoxy groups -OCH3 is 1. The van der Waals surface area contributed by atoms with Crippen LogP contribution in [0.25, 0.3) is 5.69 Å². The zero-order valence-electron chi connectivity index (χ0n) is 15.4. The molecule has 0 aliphatic rings. The van der Waals surface area contributed by atoms with Crippen molar-refractivity contribution in [3.8, 4) is 11.4 Å². The number of carboxylic acid groups (broad SMARTS) is 1. The molecule has 0 fully saturated rings. The molecule has 0 bridgehead atoms. The number of rotatable bonds is 7. The lowest BCUT2D eigenvalue weighted by atomic mass is 10.0. The minimum absolute atomic E-state index is 0.0652. The molecule has 1 atom stereocenters. The Morgan fingerprint density at radius 2 is 1.93 bits per heavy atom. The molecule has 150 valence electrons. The van der Waals surface area contributed by atoms with E-state index < -0.39 is 35.7 Å². The van der Waals surface area contributed by atoms with Crippen LogP contribution in [-0.4, -0.2) is 33.9 Å². The van der Waals surface area contributed by atoms with Gasteiger partial charge in [-0.2, -0.15) is 0 Å². The summed E-state index contributed by atoms with van der Waals surface area (Å²) in [6.45, 7) is 0. The van der Waals surface area contributed by atoms with Crippen LogP contribution in [0.15, 0.2) is 59.4 Å². The minimum atomic E-state index is -1.20. The number of carbonyl (C=O) groups is 2. The van der Waals surface area contributed by atoms with Gasteiger partial charge in [-0.25, -0.2) is 9.07 Å². The third kappa shape index (κ3) is 4.52. The van der Waals surface area contributed by atoms with Gasteiger partial charge in [0.15, 0.2) is 0 Å². The molecule has 8 nitrogen and oxygen atoms in total. The largest absolute Gasteiger partial charge is 0.496 e. The topological polar surface area (TPSA) is 113 Å². The number of benzene rings is 2. The highest BCUT2D eigenvalue weighted by molar-refractivity contribution is 5.92. The average molecular weight is 399 g/mol. The summed E-state index contributed by atoms with van der Waals surface area (Å²) < 4.78 is 20.1. The highest BCUT2D eigenvalue weighted by Crippen LogP contribution is 2.28. The number of amides is 1. The van der Waals surface area contributed by atoms with Crippen LogP contribution in [0.5, 0.6) is 5.75 Å². The lowest BCUT2D eigenvalue weighted by Crippen LogP contribution is -2.31. The van der Waals surface area contributed by atoms with Crippen molar-refractivity contribution in [1.82, 2.24) is 15.1 Å². The van der Waals surface area contributed by atoms with E-state index in [0.717, 1.165) is 12.1 Å². The van der Waals surface area contributed by atoms with Gasteiger partial charge >= 0.3 is 5.97 Å². The van der Waals surface area contributed by atoms with Crippen molar-refractivity contribution in [3.63, 3.8) is 0 Å². The molecular formula is C20H18FN3O5. The van der Waals surface area contributed by atoms with Crippen LogP contribution in [0.4, 0.5) is 4.39 Å². The summed E-state index contributed by atoms with van der Waals surface area (Å²) in [6.07, 6.45) is -0.505. The molecule has 1 aromatic heterocycles. The number of hydrogen-bond acceptors (Lipinski definition) is 4. The van der Waals surface area contributed by atoms with Crippen LogP contribution >= 0.6 is 0 Å². The van der Waals surface area contributed by atoms with E-state index in [4.69, 9.17) is 4.74 Å². The van der Waals surface area contributed by atoms with Gasteiger partial charge in [-0.1, -0.05) is 18.2 Å².